The number of carbonyl (C=O) groups excluding carboxylic acids is 1. The molecular weight excluding hydrogens is 234 g/mol. The second-order valence-corrected chi connectivity index (χ2v) is 5.05. The number of carbonyl (C=O) groups is 1. The Balaban J connectivity index is 1.58. The number of nitrogens with zero attached hydrogens (tertiary/aromatic N) is 4. The zero-order valence-electron chi connectivity index (χ0n) is 10.6. The van der Waals surface area contributed by atoms with E-state index in [0.717, 1.165) is 31.9 Å². The number of likely N-dealkylation sites (tertiary alicyclic amines) is 1. The first-order valence-electron chi connectivity index (χ1n) is 6.18. The van der Waals surface area contributed by atoms with E-state index >= 15 is 0 Å². The van der Waals surface area contributed by atoms with Crippen molar-refractivity contribution in [2.75, 3.05) is 26.7 Å². The Kier molecular flexibility index (Phi) is 2.51. The monoisotopic (exact) mass is 251 g/mol. The van der Waals surface area contributed by atoms with Crippen molar-refractivity contribution < 1.29 is 9.32 Å². The Labute approximate surface area is 105 Å². The quantitative estimate of drug-likeness (QED) is 0.808. The lowest BCUT2D eigenvalue weighted by Crippen LogP contribution is -2.68. The molecule has 1 aromatic heterocycles. The van der Waals surface area contributed by atoms with E-state index in [2.05, 4.69) is 20.4 Å². The van der Waals surface area contributed by atoms with Gasteiger partial charge in [0.15, 0.2) is 5.82 Å². The summed E-state index contributed by atoms with van der Waals surface area (Å²) < 4.78 is 5.16. The van der Waals surface area contributed by atoms with Crippen LogP contribution in [-0.2, 0) is 13.0 Å². The number of hydrogen-bond acceptors (Lipinski definition) is 5. The number of aromatic nitrogens is 2. The maximum atomic E-state index is 11.4. The first-order valence-corrected chi connectivity index (χ1v) is 6.18. The number of nitrogens with one attached hydrogen (secondary N) is 1. The van der Waals surface area contributed by atoms with Gasteiger partial charge in [0, 0.05) is 33.1 Å². The van der Waals surface area contributed by atoms with Crippen LogP contribution in [0.5, 0.6) is 0 Å². The predicted octanol–water partition coefficient (Wildman–Crippen LogP) is -0.159. The van der Waals surface area contributed by atoms with Crippen molar-refractivity contribution in [3.8, 4) is 0 Å². The van der Waals surface area contributed by atoms with E-state index in [-0.39, 0.29) is 11.6 Å². The summed E-state index contributed by atoms with van der Waals surface area (Å²) in [6.45, 7) is 5.09. The summed E-state index contributed by atoms with van der Waals surface area (Å²) in [5.41, 5.74) is -0.0370. The Hall–Kier alpha value is -1.63. The van der Waals surface area contributed by atoms with Gasteiger partial charge in [-0.2, -0.15) is 4.98 Å². The number of hydrogen-bond donors (Lipinski definition) is 1. The van der Waals surface area contributed by atoms with Crippen LogP contribution in [0.1, 0.15) is 18.6 Å². The molecule has 0 radical (unpaired) electrons. The van der Waals surface area contributed by atoms with Crippen molar-refractivity contribution in [3.05, 3.63) is 11.7 Å². The number of aryl methyl sites for hydroxylation is 1. The van der Waals surface area contributed by atoms with Gasteiger partial charge in [-0.3, -0.25) is 4.90 Å². The third-order valence-electron chi connectivity index (χ3n) is 3.81. The molecule has 7 nitrogen and oxygen atoms in total. The summed E-state index contributed by atoms with van der Waals surface area (Å²) >= 11 is 0. The van der Waals surface area contributed by atoms with E-state index in [4.69, 9.17) is 4.52 Å². The molecule has 2 fully saturated rings. The topological polar surface area (TPSA) is 74.5 Å². The highest BCUT2D eigenvalue weighted by molar-refractivity contribution is 5.78. The minimum Gasteiger partial charge on any atom is -0.338 e. The van der Waals surface area contributed by atoms with Gasteiger partial charge in [-0.05, 0) is 0 Å². The third kappa shape index (κ3) is 1.66. The summed E-state index contributed by atoms with van der Waals surface area (Å²) in [6, 6.07) is 0.0145. The van der Waals surface area contributed by atoms with E-state index in [1.807, 2.05) is 14.0 Å². The highest BCUT2D eigenvalue weighted by Crippen LogP contribution is 2.30. The molecule has 1 aromatic rings. The molecule has 0 bridgehead atoms. The highest BCUT2D eigenvalue weighted by Gasteiger charge is 2.52. The second kappa shape index (κ2) is 3.94. The molecule has 1 N–H and O–H groups in total. The molecule has 1 spiro atoms. The SMILES string of the molecule is CCc1noc(CN2CC3(CNC(=O)N3C)C2)n1. The Bertz CT molecular complexity index is 466. The zero-order valence-corrected chi connectivity index (χ0v) is 10.6. The fraction of sp³-hybridized carbons (Fsp3) is 0.727. The van der Waals surface area contributed by atoms with E-state index in [1.54, 1.807) is 4.90 Å². The van der Waals surface area contributed by atoms with E-state index < -0.39 is 0 Å². The number of rotatable bonds is 3. The van der Waals surface area contributed by atoms with Gasteiger partial charge in [0.25, 0.3) is 0 Å². The largest absolute Gasteiger partial charge is 0.338 e. The van der Waals surface area contributed by atoms with Gasteiger partial charge in [0.2, 0.25) is 5.89 Å². The lowest BCUT2D eigenvalue weighted by atomic mass is 9.89. The molecule has 2 aliphatic heterocycles. The second-order valence-electron chi connectivity index (χ2n) is 5.05. The minimum atomic E-state index is -0.0370. The molecule has 0 saturated carbocycles. The van der Waals surface area contributed by atoms with Crippen molar-refractivity contribution in [1.29, 1.82) is 0 Å². The summed E-state index contributed by atoms with van der Waals surface area (Å²) in [5.74, 6) is 1.40. The molecule has 0 unspecified atom stereocenters. The van der Waals surface area contributed by atoms with Gasteiger partial charge < -0.3 is 14.7 Å². The van der Waals surface area contributed by atoms with Crippen LogP contribution in [0.15, 0.2) is 4.52 Å². The van der Waals surface area contributed by atoms with Crippen LogP contribution in [-0.4, -0.2) is 58.2 Å². The lowest BCUT2D eigenvalue weighted by molar-refractivity contribution is -0.00677. The highest BCUT2D eigenvalue weighted by atomic mass is 16.5. The van der Waals surface area contributed by atoms with Crippen LogP contribution < -0.4 is 5.32 Å². The van der Waals surface area contributed by atoms with Crippen molar-refractivity contribution in [3.63, 3.8) is 0 Å². The summed E-state index contributed by atoms with van der Waals surface area (Å²) in [7, 11) is 1.85. The first kappa shape index (κ1) is 11.5. The van der Waals surface area contributed by atoms with Gasteiger partial charge in [-0.1, -0.05) is 12.1 Å². The van der Waals surface area contributed by atoms with Crippen LogP contribution in [0.2, 0.25) is 0 Å². The van der Waals surface area contributed by atoms with Gasteiger partial charge in [0.05, 0.1) is 12.1 Å². The molecule has 3 rings (SSSR count). The predicted molar refractivity (Wildman–Crippen MR) is 62.8 cm³/mol. The van der Waals surface area contributed by atoms with Gasteiger partial charge in [-0.25, -0.2) is 4.79 Å². The van der Waals surface area contributed by atoms with Crippen LogP contribution in [0.3, 0.4) is 0 Å². The first-order chi connectivity index (χ1) is 8.63. The minimum absolute atomic E-state index is 0.0145. The summed E-state index contributed by atoms with van der Waals surface area (Å²) in [5, 5.41) is 6.74. The summed E-state index contributed by atoms with van der Waals surface area (Å²) in [6.07, 6.45) is 0.786. The molecule has 2 aliphatic rings. The van der Waals surface area contributed by atoms with E-state index in [1.165, 1.54) is 0 Å². The molecule has 0 atom stereocenters. The van der Waals surface area contributed by atoms with Crippen LogP contribution >= 0.6 is 0 Å². The molecule has 98 valence electrons. The molecule has 7 heteroatoms. The Morgan fingerprint density at radius 1 is 1.50 bits per heavy atom. The molecule has 3 heterocycles. The molecular formula is C11H17N5O2. The average Bonchev–Trinajstić information content (AvgIpc) is 2.88. The maximum absolute atomic E-state index is 11.4. The Morgan fingerprint density at radius 2 is 2.28 bits per heavy atom. The Morgan fingerprint density at radius 3 is 2.83 bits per heavy atom. The van der Waals surface area contributed by atoms with Gasteiger partial charge in [-0.15, -0.1) is 0 Å². The maximum Gasteiger partial charge on any atom is 0.317 e. The van der Waals surface area contributed by atoms with Crippen LogP contribution in [0, 0.1) is 0 Å². The summed E-state index contributed by atoms with van der Waals surface area (Å²) in [4.78, 5) is 19.7. The average molecular weight is 251 g/mol. The molecule has 2 saturated heterocycles. The lowest BCUT2D eigenvalue weighted by Gasteiger charge is -2.50. The fourth-order valence-corrected chi connectivity index (χ4v) is 2.60. The van der Waals surface area contributed by atoms with E-state index in [9.17, 15) is 4.79 Å². The zero-order chi connectivity index (χ0) is 12.8. The number of urea groups is 1. The number of likely N-dealkylation sites (N-methyl/N-ethyl adjacent to an activating group) is 1. The standard InChI is InChI=1S/C11H17N5O2/c1-3-8-13-9(18-14-8)4-16-6-11(7-16)5-12-10(17)15(11)2/h3-7H2,1-2H3,(H,12,17). The normalized spacial score (nSPS) is 22.3. The van der Waals surface area contributed by atoms with Crippen LogP contribution in [0.4, 0.5) is 4.79 Å². The van der Waals surface area contributed by atoms with Crippen molar-refractivity contribution in [2.45, 2.75) is 25.4 Å². The van der Waals surface area contributed by atoms with Crippen LogP contribution in [0.25, 0.3) is 0 Å². The van der Waals surface area contributed by atoms with Gasteiger partial charge >= 0.3 is 6.03 Å². The number of amides is 2. The molecule has 0 aromatic carbocycles. The van der Waals surface area contributed by atoms with E-state index in [0.29, 0.717) is 12.4 Å². The van der Waals surface area contributed by atoms with Gasteiger partial charge in [0.1, 0.15) is 0 Å². The van der Waals surface area contributed by atoms with Crippen molar-refractivity contribution >= 4 is 6.03 Å². The smallest absolute Gasteiger partial charge is 0.317 e. The van der Waals surface area contributed by atoms with Crippen molar-refractivity contribution in [2.24, 2.45) is 0 Å². The molecule has 2 amide bonds. The molecule has 18 heavy (non-hydrogen) atoms. The van der Waals surface area contributed by atoms with Crippen molar-refractivity contribution in [1.82, 2.24) is 25.3 Å². The molecule has 0 aliphatic carbocycles. The third-order valence-corrected chi connectivity index (χ3v) is 3.81. The fourth-order valence-electron chi connectivity index (χ4n) is 2.60.